The molecule has 0 aliphatic rings. The largest absolute Gasteiger partial charge is 0.325 e. The van der Waals surface area contributed by atoms with Gasteiger partial charge in [0.05, 0.1) is 11.4 Å². The van der Waals surface area contributed by atoms with Crippen LogP contribution < -0.4 is 5.32 Å². The van der Waals surface area contributed by atoms with E-state index < -0.39 is 0 Å². The minimum Gasteiger partial charge on any atom is -0.325 e. The van der Waals surface area contributed by atoms with Crippen LogP contribution in [0.3, 0.4) is 0 Å². The van der Waals surface area contributed by atoms with Gasteiger partial charge in [0.25, 0.3) is 0 Å². The van der Waals surface area contributed by atoms with Crippen LogP contribution in [-0.4, -0.2) is 31.4 Å². The number of hydrogen-bond donors (Lipinski definition) is 1. The van der Waals surface area contributed by atoms with Gasteiger partial charge < -0.3 is 5.32 Å². The van der Waals surface area contributed by atoms with Crippen LogP contribution in [0.5, 0.6) is 0 Å². The molecule has 2 aromatic heterocycles. The molecule has 0 atom stereocenters. The van der Waals surface area contributed by atoms with Gasteiger partial charge in [-0.25, -0.2) is 0 Å². The Bertz CT molecular complexity index is 1240. The van der Waals surface area contributed by atoms with Crippen molar-refractivity contribution in [2.45, 2.75) is 38.3 Å². The molecule has 0 saturated carbocycles. The molecule has 0 aliphatic heterocycles. The molecule has 168 valence electrons. The van der Waals surface area contributed by atoms with E-state index in [-0.39, 0.29) is 11.7 Å². The van der Waals surface area contributed by atoms with Crippen LogP contribution in [0.2, 0.25) is 0 Å². The first-order valence-corrected chi connectivity index (χ1v) is 12.0. The van der Waals surface area contributed by atoms with Crippen LogP contribution in [0.15, 0.2) is 78.2 Å². The SMILES string of the molecule is CCc1ccccc1NC(=O)CSc1nnc(-c2cccnc2)n1-c1ccccc1C(C)C. The Morgan fingerprint density at radius 2 is 1.82 bits per heavy atom. The number of pyridine rings is 1. The summed E-state index contributed by atoms with van der Waals surface area (Å²) >= 11 is 1.38. The Morgan fingerprint density at radius 3 is 2.58 bits per heavy atom. The van der Waals surface area contributed by atoms with Crippen molar-refractivity contribution in [3.63, 3.8) is 0 Å². The maximum absolute atomic E-state index is 12.8. The van der Waals surface area contributed by atoms with Gasteiger partial charge in [0.15, 0.2) is 11.0 Å². The third-order valence-electron chi connectivity index (χ3n) is 5.36. The number of nitrogens with zero attached hydrogens (tertiary/aromatic N) is 4. The lowest BCUT2D eigenvalue weighted by Crippen LogP contribution is -2.16. The standard InChI is InChI=1S/C26H27N5OS/c1-4-19-10-5-7-13-22(19)28-24(32)17-33-26-30-29-25(20-11-9-15-27-16-20)31(26)23-14-8-6-12-21(23)18(2)3/h5-16,18H,4,17H2,1-3H3,(H,28,32). The summed E-state index contributed by atoms with van der Waals surface area (Å²) in [6.07, 6.45) is 4.38. The Labute approximate surface area is 198 Å². The quantitative estimate of drug-likeness (QED) is 0.341. The van der Waals surface area contributed by atoms with Crippen molar-refractivity contribution in [2.75, 3.05) is 11.1 Å². The highest BCUT2D eigenvalue weighted by atomic mass is 32.2. The van der Waals surface area contributed by atoms with E-state index in [1.807, 2.05) is 53.1 Å². The van der Waals surface area contributed by atoms with Crippen molar-refractivity contribution in [1.29, 1.82) is 0 Å². The fraction of sp³-hybridized carbons (Fsp3) is 0.231. The number of para-hydroxylation sites is 2. The Balaban J connectivity index is 1.65. The average Bonchev–Trinajstić information content (AvgIpc) is 3.27. The molecule has 0 bridgehead atoms. The van der Waals surface area contributed by atoms with E-state index in [4.69, 9.17) is 0 Å². The number of rotatable bonds is 8. The minimum absolute atomic E-state index is 0.0736. The zero-order chi connectivity index (χ0) is 23.2. The molecule has 6 nitrogen and oxygen atoms in total. The van der Waals surface area contributed by atoms with Crippen molar-refractivity contribution in [2.24, 2.45) is 0 Å². The van der Waals surface area contributed by atoms with E-state index in [0.717, 1.165) is 28.9 Å². The summed E-state index contributed by atoms with van der Waals surface area (Å²) in [7, 11) is 0. The van der Waals surface area contributed by atoms with E-state index in [1.54, 1.807) is 12.4 Å². The number of carbonyl (C=O) groups excluding carboxylic acids is 1. The summed E-state index contributed by atoms with van der Waals surface area (Å²) in [4.78, 5) is 17.0. The molecule has 1 N–H and O–H groups in total. The smallest absolute Gasteiger partial charge is 0.234 e. The van der Waals surface area contributed by atoms with Crippen LogP contribution >= 0.6 is 11.8 Å². The number of amides is 1. The van der Waals surface area contributed by atoms with Gasteiger partial charge >= 0.3 is 0 Å². The van der Waals surface area contributed by atoms with Gasteiger partial charge in [-0.2, -0.15) is 0 Å². The second-order valence-electron chi connectivity index (χ2n) is 7.94. The Morgan fingerprint density at radius 1 is 1.03 bits per heavy atom. The molecule has 0 fully saturated rings. The van der Waals surface area contributed by atoms with Gasteiger partial charge in [0.1, 0.15) is 0 Å². The molecule has 0 saturated heterocycles. The highest BCUT2D eigenvalue weighted by molar-refractivity contribution is 7.99. The van der Waals surface area contributed by atoms with Gasteiger partial charge in [0, 0.05) is 23.6 Å². The van der Waals surface area contributed by atoms with Crippen molar-refractivity contribution >= 4 is 23.4 Å². The van der Waals surface area contributed by atoms with Crippen LogP contribution in [-0.2, 0) is 11.2 Å². The third-order valence-corrected chi connectivity index (χ3v) is 6.29. The number of aromatic nitrogens is 4. The second kappa shape index (κ2) is 10.4. The molecule has 4 aromatic rings. The van der Waals surface area contributed by atoms with E-state index in [1.165, 1.54) is 17.3 Å². The number of nitrogens with one attached hydrogen (secondary N) is 1. The lowest BCUT2D eigenvalue weighted by Gasteiger charge is -2.17. The molecule has 2 aromatic carbocycles. The summed E-state index contributed by atoms with van der Waals surface area (Å²) in [5, 5.41) is 12.6. The van der Waals surface area contributed by atoms with Crippen LogP contribution in [0.1, 0.15) is 37.8 Å². The van der Waals surface area contributed by atoms with Gasteiger partial charge in [-0.05, 0) is 47.7 Å². The van der Waals surface area contributed by atoms with Gasteiger partial charge in [-0.15, -0.1) is 10.2 Å². The van der Waals surface area contributed by atoms with Crippen LogP contribution in [0.25, 0.3) is 17.1 Å². The number of carbonyl (C=O) groups is 1. The van der Waals surface area contributed by atoms with Crippen molar-refractivity contribution < 1.29 is 4.79 Å². The van der Waals surface area contributed by atoms with E-state index in [2.05, 4.69) is 53.4 Å². The normalized spacial score (nSPS) is 11.0. The van der Waals surface area contributed by atoms with Crippen molar-refractivity contribution in [1.82, 2.24) is 19.7 Å². The summed E-state index contributed by atoms with van der Waals surface area (Å²) in [5.41, 5.74) is 5.04. The average molecular weight is 458 g/mol. The number of hydrogen-bond acceptors (Lipinski definition) is 5. The molecule has 7 heteroatoms. The summed E-state index contributed by atoms with van der Waals surface area (Å²) in [6.45, 7) is 6.41. The van der Waals surface area contributed by atoms with E-state index in [0.29, 0.717) is 16.9 Å². The monoisotopic (exact) mass is 457 g/mol. The van der Waals surface area contributed by atoms with E-state index >= 15 is 0 Å². The predicted octanol–water partition coefficient (Wildman–Crippen LogP) is 5.75. The molecule has 33 heavy (non-hydrogen) atoms. The van der Waals surface area contributed by atoms with Gasteiger partial charge in [-0.1, -0.05) is 68.9 Å². The predicted molar refractivity (Wildman–Crippen MR) is 134 cm³/mol. The molecule has 0 spiro atoms. The zero-order valence-electron chi connectivity index (χ0n) is 19.0. The van der Waals surface area contributed by atoms with Gasteiger partial charge in [0.2, 0.25) is 5.91 Å². The molecule has 1 amide bonds. The number of thioether (sulfide) groups is 1. The molecular formula is C26H27N5OS. The molecule has 2 heterocycles. The van der Waals surface area contributed by atoms with Crippen molar-refractivity contribution in [3.05, 3.63) is 84.2 Å². The van der Waals surface area contributed by atoms with Gasteiger partial charge in [-0.3, -0.25) is 14.3 Å². The van der Waals surface area contributed by atoms with Crippen LogP contribution in [0, 0.1) is 0 Å². The molecule has 0 aliphatic carbocycles. The van der Waals surface area contributed by atoms with Crippen molar-refractivity contribution in [3.8, 4) is 17.1 Å². The van der Waals surface area contributed by atoms with Crippen LogP contribution in [0.4, 0.5) is 5.69 Å². The number of aryl methyl sites for hydroxylation is 1. The zero-order valence-corrected chi connectivity index (χ0v) is 19.8. The maximum Gasteiger partial charge on any atom is 0.234 e. The number of anilines is 1. The molecular weight excluding hydrogens is 430 g/mol. The lowest BCUT2D eigenvalue weighted by atomic mass is 10.0. The summed E-state index contributed by atoms with van der Waals surface area (Å²) in [5.74, 6) is 1.18. The highest BCUT2D eigenvalue weighted by Gasteiger charge is 2.20. The summed E-state index contributed by atoms with van der Waals surface area (Å²) < 4.78 is 2.03. The summed E-state index contributed by atoms with van der Waals surface area (Å²) in [6, 6.07) is 20.0. The molecule has 4 rings (SSSR count). The first kappa shape index (κ1) is 22.7. The maximum atomic E-state index is 12.8. The highest BCUT2D eigenvalue weighted by Crippen LogP contribution is 2.32. The Kier molecular flexibility index (Phi) is 7.19. The first-order chi connectivity index (χ1) is 16.1. The molecule has 0 unspecified atom stereocenters. The fourth-order valence-electron chi connectivity index (χ4n) is 3.71. The fourth-order valence-corrected chi connectivity index (χ4v) is 4.45. The first-order valence-electron chi connectivity index (χ1n) is 11.0. The third kappa shape index (κ3) is 5.14. The topological polar surface area (TPSA) is 72.7 Å². The second-order valence-corrected chi connectivity index (χ2v) is 8.89. The molecule has 0 radical (unpaired) electrons. The lowest BCUT2D eigenvalue weighted by molar-refractivity contribution is -0.113. The number of benzene rings is 2. The minimum atomic E-state index is -0.0736. The Hall–Kier alpha value is -3.45. The van der Waals surface area contributed by atoms with E-state index in [9.17, 15) is 4.79 Å².